The van der Waals surface area contributed by atoms with Crippen molar-refractivity contribution >= 4 is 69.4 Å². The van der Waals surface area contributed by atoms with Crippen LogP contribution in [0.2, 0.25) is 10.0 Å². The molecule has 45 heavy (non-hydrogen) atoms. The number of imide groups is 2. The number of anilines is 2. The number of halogens is 2. The predicted molar refractivity (Wildman–Crippen MR) is 173 cm³/mol. The van der Waals surface area contributed by atoms with Crippen LogP contribution < -0.4 is 9.80 Å². The highest BCUT2D eigenvalue weighted by Crippen LogP contribution is 2.72. The topological polar surface area (TPSA) is 74.8 Å². The van der Waals surface area contributed by atoms with Crippen LogP contribution in [-0.2, 0) is 19.2 Å². The van der Waals surface area contributed by atoms with Crippen molar-refractivity contribution in [2.24, 2.45) is 35.0 Å². The van der Waals surface area contributed by atoms with Gasteiger partial charge in [-0.25, -0.2) is 9.80 Å². The third kappa shape index (κ3) is 3.76. The summed E-state index contributed by atoms with van der Waals surface area (Å²) in [6.45, 7) is 1.91. The number of nitrogens with zero attached hydrogens (tertiary/aromatic N) is 2. The summed E-state index contributed by atoms with van der Waals surface area (Å²) in [6.07, 6.45) is 0. The van der Waals surface area contributed by atoms with Crippen molar-refractivity contribution < 1.29 is 19.2 Å². The maximum atomic E-state index is 14.7. The summed E-state index contributed by atoms with van der Waals surface area (Å²) in [4.78, 5) is 61.0. The molecule has 2 heterocycles. The maximum Gasteiger partial charge on any atom is 0.238 e. The van der Waals surface area contributed by atoms with Gasteiger partial charge in [0.15, 0.2) is 0 Å². The maximum absolute atomic E-state index is 14.7. The molecule has 3 fully saturated rings. The summed E-state index contributed by atoms with van der Waals surface area (Å²) < 4.78 is 0. The van der Waals surface area contributed by atoms with E-state index in [2.05, 4.69) is 0 Å². The van der Waals surface area contributed by atoms with Crippen molar-refractivity contribution in [2.45, 2.75) is 6.92 Å². The number of benzene rings is 4. The van der Waals surface area contributed by atoms with Crippen LogP contribution in [0, 0.1) is 35.0 Å². The lowest BCUT2D eigenvalue weighted by atomic mass is 9.41. The fourth-order valence-corrected chi connectivity index (χ4v) is 9.04. The monoisotopic (exact) mass is 632 g/mol. The first-order valence-electron chi connectivity index (χ1n) is 14.9. The van der Waals surface area contributed by atoms with Gasteiger partial charge < -0.3 is 0 Å². The second-order valence-electron chi connectivity index (χ2n) is 12.3. The average molecular weight is 634 g/mol. The number of carbonyl (C=O) groups excluding carboxylic acids is 4. The van der Waals surface area contributed by atoms with E-state index in [-0.39, 0.29) is 23.6 Å². The smallest absolute Gasteiger partial charge is 0.238 e. The van der Waals surface area contributed by atoms with Crippen molar-refractivity contribution in [1.82, 2.24) is 0 Å². The molecule has 4 unspecified atom stereocenters. The van der Waals surface area contributed by atoms with Crippen molar-refractivity contribution in [1.29, 1.82) is 0 Å². The Morgan fingerprint density at radius 2 is 0.978 bits per heavy atom. The van der Waals surface area contributed by atoms with Crippen LogP contribution >= 0.6 is 23.2 Å². The zero-order valence-electron chi connectivity index (χ0n) is 24.1. The van der Waals surface area contributed by atoms with Gasteiger partial charge in [-0.05, 0) is 58.7 Å². The summed E-state index contributed by atoms with van der Waals surface area (Å²) >= 11 is 12.6. The molecule has 0 aromatic heterocycles. The van der Waals surface area contributed by atoms with E-state index in [9.17, 15) is 19.2 Å². The standard InChI is InChI=1S/C37H26Cl2N2O4/c1-37-30(21-12-6-3-7-13-21)26(20-10-4-2-5-11-20)27(28-31(37)35(44)40(33(28)42)24-16-8-14-22(38)18-24)29-32(37)36(45)41(34(29)43)25-17-9-15-23(39)19-25/h2-19,27-29,31-32H,1H3. The molecule has 4 amide bonds. The molecule has 5 aliphatic rings. The van der Waals surface area contributed by atoms with E-state index in [1.807, 2.05) is 67.6 Å². The highest BCUT2D eigenvalue weighted by Gasteiger charge is 2.76. The summed E-state index contributed by atoms with van der Waals surface area (Å²) in [5, 5.41) is 0.786. The van der Waals surface area contributed by atoms with Crippen LogP contribution in [0.25, 0.3) is 11.1 Å². The van der Waals surface area contributed by atoms with E-state index in [4.69, 9.17) is 23.2 Å². The van der Waals surface area contributed by atoms with Crippen LogP contribution in [0.3, 0.4) is 0 Å². The molecule has 0 radical (unpaired) electrons. The molecule has 8 heteroatoms. The molecule has 3 aliphatic carbocycles. The van der Waals surface area contributed by atoms with Crippen molar-refractivity contribution in [2.75, 3.05) is 9.80 Å². The molecule has 2 saturated heterocycles. The SMILES string of the molecule is CC12C(c3ccccc3)=C(c3ccccc3)C(C3C(=O)N(c4cccc(Cl)c4)C(=O)C31)C1C(=O)N(c3cccc(Cl)c3)C(=O)C12. The Morgan fingerprint density at radius 3 is 1.42 bits per heavy atom. The minimum Gasteiger partial charge on any atom is -0.274 e. The molecule has 9 rings (SSSR count). The molecule has 4 aromatic carbocycles. The van der Waals surface area contributed by atoms with E-state index < -0.39 is 35.0 Å². The lowest BCUT2D eigenvalue weighted by molar-refractivity contribution is -0.143. The second-order valence-corrected chi connectivity index (χ2v) is 13.2. The van der Waals surface area contributed by atoms with Crippen molar-refractivity contribution in [3.8, 4) is 0 Å². The quantitative estimate of drug-likeness (QED) is 0.224. The third-order valence-corrected chi connectivity index (χ3v) is 10.7. The summed E-state index contributed by atoms with van der Waals surface area (Å²) in [7, 11) is 0. The Balaban J connectivity index is 1.42. The Morgan fingerprint density at radius 1 is 0.533 bits per heavy atom. The van der Waals surface area contributed by atoms with E-state index in [1.54, 1.807) is 48.5 Å². The van der Waals surface area contributed by atoms with Gasteiger partial charge in [0.25, 0.3) is 0 Å². The Kier molecular flexibility index (Phi) is 6.22. The first-order valence-corrected chi connectivity index (χ1v) is 15.6. The van der Waals surface area contributed by atoms with Gasteiger partial charge in [-0.1, -0.05) is 103 Å². The molecule has 222 valence electrons. The number of allylic oxidation sites excluding steroid dienone is 2. The van der Waals surface area contributed by atoms with E-state index in [0.717, 1.165) is 22.3 Å². The molecule has 2 aliphatic heterocycles. The molecular weight excluding hydrogens is 607 g/mol. The van der Waals surface area contributed by atoms with Gasteiger partial charge in [0.05, 0.1) is 35.0 Å². The van der Waals surface area contributed by atoms with Gasteiger partial charge in [0.2, 0.25) is 23.6 Å². The molecule has 4 atom stereocenters. The normalized spacial score (nSPS) is 28.6. The van der Waals surface area contributed by atoms with E-state index in [1.165, 1.54) is 9.80 Å². The summed E-state index contributed by atoms with van der Waals surface area (Å²) in [5.74, 6) is -5.76. The number of amides is 4. The Labute approximate surface area is 269 Å². The lowest BCUT2D eigenvalue weighted by Crippen LogP contribution is -2.59. The summed E-state index contributed by atoms with van der Waals surface area (Å²) in [6, 6.07) is 32.7. The predicted octanol–water partition coefficient (Wildman–Crippen LogP) is 7.17. The number of hydrogen-bond donors (Lipinski definition) is 0. The highest BCUT2D eigenvalue weighted by atomic mass is 35.5. The molecule has 0 N–H and O–H groups in total. The molecule has 0 spiro atoms. The zero-order chi connectivity index (χ0) is 31.2. The van der Waals surface area contributed by atoms with E-state index in [0.29, 0.717) is 21.4 Å². The average Bonchev–Trinajstić information content (AvgIpc) is 3.47. The molecular formula is C37H26Cl2N2O4. The van der Waals surface area contributed by atoms with Crippen molar-refractivity contribution in [3.05, 3.63) is 130 Å². The van der Waals surface area contributed by atoms with Crippen LogP contribution in [-0.4, -0.2) is 23.6 Å². The number of carbonyl (C=O) groups is 4. The number of hydrogen-bond acceptors (Lipinski definition) is 4. The fourth-order valence-electron chi connectivity index (χ4n) is 8.68. The van der Waals surface area contributed by atoms with Crippen LogP contribution in [0.1, 0.15) is 18.1 Å². The van der Waals surface area contributed by atoms with Crippen LogP contribution in [0.5, 0.6) is 0 Å². The molecule has 2 bridgehead atoms. The summed E-state index contributed by atoms with van der Waals surface area (Å²) in [5.41, 5.74) is 2.90. The van der Waals surface area contributed by atoms with Gasteiger partial charge in [-0.3, -0.25) is 19.2 Å². The van der Waals surface area contributed by atoms with Crippen molar-refractivity contribution in [3.63, 3.8) is 0 Å². The molecule has 6 nitrogen and oxygen atoms in total. The minimum absolute atomic E-state index is 0.376. The highest BCUT2D eigenvalue weighted by molar-refractivity contribution is 6.33. The Bertz CT molecular complexity index is 1890. The number of rotatable bonds is 4. The van der Waals surface area contributed by atoms with Gasteiger partial charge >= 0.3 is 0 Å². The minimum atomic E-state index is -1.21. The van der Waals surface area contributed by atoms with Gasteiger partial charge in [-0.2, -0.15) is 0 Å². The van der Waals surface area contributed by atoms with Crippen LogP contribution in [0.4, 0.5) is 11.4 Å². The van der Waals surface area contributed by atoms with Crippen LogP contribution in [0.15, 0.2) is 109 Å². The Hall–Kier alpha value is -4.52. The second kappa shape index (κ2) is 9.99. The third-order valence-electron chi connectivity index (χ3n) is 10.2. The molecule has 1 saturated carbocycles. The molecule has 4 aromatic rings. The van der Waals surface area contributed by atoms with Gasteiger partial charge in [0.1, 0.15) is 0 Å². The van der Waals surface area contributed by atoms with Gasteiger partial charge in [-0.15, -0.1) is 0 Å². The zero-order valence-corrected chi connectivity index (χ0v) is 25.6. The lowest BCUT2D eigenvalue weighted by Gasteiger charge is -2.57. The van der Waals surface area contributed by atoms with E-state index >= 15 is 0 Å². The largest absolute Gasteiger partial charge is 0.274 e. The fraction of sp³-hybridized carbons (Fsp3) is 0.189. The van der Waals surface area contributed by atoms with Gasteiger partial charge in [0, 0.05) is 21.4 Å². The first kappa shape index (κ1) is 28.0. The first-order chi connectivity index (χ1) is 21.7.